The number of rotatable bonds is 7. The van der Waals surface area contributed by atoms with Gasteiger partial charge in [-0.2, -0.15) is 0 Å². The minimum atomic E-state index is -3.44. The van der Waals surface area contributed by atoms with Gasteiger partial charge in [0.25, 0.3) is 0 Å². The molecule has 0 aromatic carbocycles. The van der Waals surface area contributed by atoms with E-state index in [1.165, 1.54) is 6.20 Å². The fourth-order valence-corrected chi connectivity index (χ4v) is 5.69. The number of morpholine rings is 1. The summed E-state index contributed by atoms with van der Waals surface area (Å²) in [5.74, 6) is 1.11. The van der Waals surface area contributed by atoms with Crippen LogP contribution in [0.2, 0.25) is 0 Å². The predicted molar refractivity (Wildman–Crippen MR) is 153 cm³/mol. The highest BCUT2D eigenvalue weighted by Crippen LogP contribution is 2.31. The van der Waals surface area contributed by atoms with Crippen molar-refractivity contribution in [2.45, 2.75) is 52.7 Å². The van der Waals surface area contributed by atoms with E-state index in [4.69, 9.17) is 14.7 Å². The Morgan fingerprint density at radius 1 is 1.10 bits per heavy atom. The van der Waals surface area contributed by atoms with Crippen LogP contribution in [0.15, 0.2) is 30.9 Å². The molecule has 2 N–H and O–H groups in total. The van der Waals surface area contributed by atoms with Crippen LogP contribution in [-0.4, -0.2) is 89.0 Å². The van der Waals surface area contributed by atoms with Crippen LogP contribution in [-0.2, 0) is 21.3 Å². The summed E-state index contributed by atoms with van der Waals surface area (Å²) in [7, 11) is -3.44. The summed E-state index contributed by atoms with van der Waals surface area (Å²) in [6.07, 6.45) is 10.1. The van der Waals surface area contributed by atoms with Gasteiger partial charge in [-0.1, -0.05) is 13.8 Å². The number of aliphatic hydroxyl groups is 1. The normalized spacial score (nSPS) is 17.6. The average molecular weight is 560 g/mol. The van der Waals surface area contributed by atoms with E-state index < -0.39 is 15.6 Å². The molecule has 0 amide bonds. The van der Waals surface area contributed by atoms with Crippen molar-refractivity contribution >= 4 is 27.2 Å². The lowest BCUT2D eigenvalue weighted by Gasteiger charge is -2.37. The Kier molecular flexibility index (Phi) is 9.10. The van der Waals surface area contributed by atoms with Crippen LogP contribution in [0.3, 0.4) is 0 Å². The molecule has 12 heteroatoms. The molecule has 0 aliphatic carbocycles. The first-order valence-electron chi connectivity index (χ1n) is 13.6. The van der Waals surface area contributed by atoms with Crippen molar-refractivity contribution in [3.8, 4) is 11.3 Å². The largest absolute Gasteiger partial charge is 0.390 e. The van der Waals surface area contributed by atoms with Gasteiger partial charge >= 0.3 is 0 Å². The van der Waals surface area contributed by atoms with Gasteiger partial charge in [-0.3, -0.25) is 19.0 Å². The lowest BCUT2D eigenvalue weighted by Crippen LogP contribution is -2.41. The molecule has 2 aliphatic rings. The van der Waals surface area contributed by atoms with Crippen LogP contribution in [0.1, 0.15) is 46.2 Å². The number of sulfonamides is 1. The summed E-state index contributed by atoms with van der Waals surface area (Å²) in [5.41, 5.74) is 2.78. The van der Waals surface area contributed by atoms with Crippen LogP contribution in [0.25, 0.3) is 16.9 Å². The van der Waals surface area contributed by atoms with E-state index in [1.54, 1.807) is 12.3 Å². The van der Waals surface area contributed by atoms with Gasteiger partial charge in [0.15, 0.2) is 5.65 Å². The number of anilines is 2. The number of ether oxygens (including phenoxy) is 1. The summed E-state index contributed by atoms with van der Waals surface area (Å²) >= 11 is 0. The van der Waals surface area contributed by atoms with Crippen LogP contribution in [0, 0.1) is 5.92 Å². The maximum Gasteiger partial charge on any atom is 0.229 e. The van der Waals surface area contributed by atoms with Crippen LogP contribution < -0.4 is 9.62 Å². The van der Waals surface area contributed by atoms with Crippen LogP contribution in [0.5, 0.6) is 0 Å². The molecular formula is C27H41N7O4S. The SMILES string of the molecule is CC.CC(C)(O)C1CCN(Cc2cnc3c(-c4cncc(NS(C)(=O)=O)c4)nc(N4CCOCC4)cn23)CC1. The third kappa shape index (κ3) is 7.24. The standard InChI is InChI=1S/C25H35N7O4S.C2H6/c1-25(2,33)19-4-6-30(7-5-19)16-21-15-27-24-23(18-12-20(14-26-13-18)29-37(3,34)35)28-22(17-32(21)24)31-8-10-36-11-9-31;1-2/h12-15,17,19,29,33H,4-11,16H2,1-3H3;1-2H3. The Balaban J connectivity index is 0.00000172. The summed E-state index contributed by atoms with van der Waals surface area (Å²) in [6, 6.07) is 1.73. The Morgan fingerprint density at radius 3 is 2.44 bits per heavy atom. The Bertz CT molecular complexity index is 1360. The van der Waals surface area contributed by atoms with E-state index in [0.29, 0.717) is 41.7 Å². The van der Waals surface area contributed by atoms with E-state index >= 15 is 0 Å². The fourth-order valence-electron chi connectivity index (χ4n) is 5.15. The van der Waals surface area contributed by atoms with E-state index in [-0.39, 0.29) is 0 Å². The van der Waals surface area contributed by atoms with Crippen molar-refractivity contribution < 1.29 is 18.3 Å². The number of piperidine rings is 1. The van der Waals surface area contributed by atoms with Crippen molar-refractivity contribution in [3.05, 3.63) is 36.5 Å². The number of hydrogen-bond acceptors (Lipinski definition) is 9. The molecule has 0 radical (unpaired) electrons. The molecule has 5 rings (SSSR count). The Morgan fingerprint density at radius 2 is 1.79 bits per heavy atom. The monoisotopic (exact) mass is 559 g/mol. The first-order chi connectivity index (χ1) is 18.6. The number of aromatic nitrogens is 4. The van der Waals surface area contributed by atoms with Crippen molar-refractivity contribution in [1.82, 2.24) is 24.3 Å². The highest BCUT2D eigenvalue weighted by molar-refractivity contribution is 7.92. The summed E-state index contributed by atoms with van der Waals surface area (Å²) in [5, 5.41) is 10.4. The molecule has 2 saturated heterocycles. The van der Waals surface area contributed by atoms with E-state index in [0.717, 1.165) is 63.3 Å². The molecule has 11 nitrogen and oxygen atoms in total. The Labute approximate surface area is 231 Å². The average Bonchev–Trinajstić information content (AvgIpc) is 3.31. The summed E-state index contributed by atoms with van der Waals surface area (Å²) in [6.45, 7) is 13.1. The fraction of sp³-hybridized carbons (Fsp3) is 0.593. The zero-order valence-corrected chi connectivity index (χ0v) is 24.4. The Hall–Kier alpha value is -2.80. The number of pyridine rings is 1. The maximum absolute atomic E-state index is 11.8. The van der Waals surface area contributed by atoms with Gasteiger partial charge in [-0.05, 0) is 51.8 Å². The zero-order chi connectivity index (χ0) is 28.2. The molecule has 5 heterocycles. The number of hydrogen-bond donors (Lipinski definition) is 2. The maximum atomic E-state index is 11.8. The summed E-state index contributed by atoms with van der Waals surface area (Å²) in [4.78, 5) is 18.5. The first kappa shape index (κ1) is 29.2. The highest BCUT2D eigenvalue weighted by Gasteiger charge is 2.31. The third-order valence-electron chi connectivity index (χ3n) is 7.18. The topological polar surface area (TPSA) is 125 Å². The van der Waals surface area contributed by atoms with Gasteiger partial charge in [-0.15, -0.1) is 0 Å². The molecule has 0 atom stereocenters. The molecule has 39 heavy (non-hydrogen) atoms. The van der Waals surface area contributed by atoms with E-state index in [2.05, 4.69) is 23.9 Å². The number of nitrogens with one attached hydrogen (secondary N) is 1. The van der Waals surface area contributed by atoms with Crippen molar-refractivity contribution in [3.63, 3.8) is 0 Å². The quantitative estimate of drug-likeness (QED) is 0.449. The molecule has 2 fully saturated rings. The minimum absolute atomic E-state index is 0.301. The van der Waals surface area contributed by atoms with Crippen molar-refractivity contribution in [1.29, 1.82) is 0 Å². The molecule has 3 aromatic heterocycles. The van der Waals surface area contributed by atoms with Crippen molar-refractivity contribution in [2.24, 2.45) is 5.92 Å². The van der Waals surface area contributed by atoms with Gasteiger partial charge < -0.3 is 14.7 Å². The predicted octanol–water partition coefficient (Wildman–Crippen LogP) is 3.01. The van der Waals surface area contributed by atoms with E-state index in [9.17, 15) is 13.5 Å². The third-order valence-corrected chi connectivity index (χ3v) is 7.78. The van der Waals surface area contributed by atoms with Gasteiger partial charge in [0.1, 0.15) is 11.5 Å². The molecule has 2 aliphatic heterocycles. The smallest absolute Gasteiger partial charge is 0.229 e. The van der Waals surface area contributed by atoms with Crippen LogP contribution in [0.4, 0.5) is 11.5 Å². The van der Waals surface area contributed by atoms with Gasteiger partial charge in [-0.25, -0.2) is 18.4 Å². The first-order valence-corrected chi connectivity index (χ1v) is 15.5. The minimum Gasteiger partial charge on any atom is -0.390 e. The van der Waals surface area contributed by atoms with Gasteiger partial charge in [0.05, 0.1) is 55.0 Å². The lowest BCUT2D eigenvalue weighted by molar-refractivity contribution is -0.0137. The molecule has 3 aromatic rings. The van der Waals surface area contributed by atoms with Crippen LogP contribution >= 0.6 is 0 Å². The molecule has 0 bridgehead atoms. The molecular weight excluding hydrogens is 518 g/mol. The van der Waals surface area contributed by atoms with Gasteiger partial charge in [0, 0.05) is 31.4 Å². The van der Waals surface area contributed by atoms with Crippen molar-refractivity contribution in [2.75, 3.05) is 55.3 Å². The molecule has 0 saturated carbocycles. The number of imidazole rings is 1. The summed E-state index contributed by atoms with van der Waals surface area (Å²) < 4.78 is 33.7. The van der Waals surface area contributed by atoms with Gasteiger partial charge in [0.2, 0.25) is 10.0 Å². The van der Waals surface area contributed by atoms with E-state index in [1.807, 2.05) is 40.1 Å². The number of likely N-dealkylation sites (tertiary alicyclic amines) is 1. The second-order valence-electron chi connectivity index (χ2n) is 10.5. The second kappa shape index (κ2) is 12.2. The highest BCUT2D eigenvalue weighted by atomic mass is 32.2. The number of fused-ring (bicyclic) bond motifs is 1. The molecule has 0 unspecified atom stereocenters. The zero-order valence-electron chi connectivity index (χ0n) is 23.6. The second-order valence-corrected chi connectivity index (χ2v) is 12.3. The number of nitrogens with zero attached hydrogens (tertiary/aromatic N) is 6. The lowest BCUT2D eigenvalue weighted by atomic mass is 9.83. The molecule has 214 valence electrons. The molecule has 0 spiro atoms.